The van der Waals surface area contributed by atoms with Crippen molar-refractivity contribution in [2.24, 2.45) is 0 Å². The first-order chi connectivity index (χ1) is 25.8. The molecule has 2 aromatic heterocycles. The summed E-state index contributed by atoms with van der Waals surface area (Å²) in [7, 11) is 0. The lowest BCUT2D eigenvalue weighted by Crippen LogP contribution is -2.14. The van der Waals surface area contributed by atoms with Crippen LogP contribution in [-0.2, 0) is 0 Å². The summed E-state index contributed by atoms with van der Waals surface area (Å²) in [5.74, 6) is 1.56. The molecule has 0 unspecified atom stereocenters. The van der Waals surface area contributed by atoms with Gasteiger partial charge in [0.25, 0.3) is 0 Å². The quantitative estimate of drug-likeness (QED) is 0.184. The Morgan fingerprint density at radius 1 is 0.365 bits per heavy atom. The highest BCUT2D eigenvalue weighted by Crippen LogP contribution is 2.48. The predicted molar refractivity (Wildman–Crippen MR) is 212 cm³/mol. The molecule has 0 saturated heterocycles. The van der Waals surface area contributed by atoms with E-state index >= 15 is 0 Å². The molecule has 0 atom stereocenters. The fourth-order valence-electron chi connectivity index (χ4n) is 7.31. The van der Waals surface area contributed by atoms with Crippen LogP contribution in [0.25, 0.3) is 72.9 Å². The van der Waals surface area contributed by atoms with E-state index in [0.717, 1.165) is 78.8 Å². The molecule has 0 bridgehead atoms. The average molecular weight is 666 g/mol. The summed E-state index contributed by atoms with van der Waals surface area (Å²) in [4.78, 5) is 17.7. The van der Waals surface area contributed by atoms with E-state index in [1.807, 2.05) is 36.4 Å². The number of nitrogens with zero attached hydrogens (tertiary/aromatic N) is 5. The monoisotopic (exact) mass is 665 g/mol. The summed E-state index contributed by atoms with van der Waals surface area (Å²) in [6, 6.07) is 65.6. The van der Waals surface area contributed by atoms with Gasteiger partial charge in [0.15, 0.2) is 5.82 Å². The molecule has 52 heavy (non-hydrogen) atoms. The van der Waals surface area contributed by atoms with Crippen molar-refractivity contribution in [3.05, 3.63) is 188 Å². The zero-order chi connectivity index (χ0) is 34.4. The van der Waals surface area contributed by atoms with Crippen LogP contribution < -0.4 is 4.90 Å². The zero-order valence-corrected chi connectivity index (χ0v) is 28.1. The maximum Gasteiger partial charge on any atom is 0.220 e. The van der Waals surface area contributed by atoms with Gasteiger partial charge in [0.2, 0.25) is 5.95 Å². The summed E-state index contributed by atoms with van der Waals surface area (Å²) in [5.41, 5.74) is 14.6. The highest BCUT2D eigenvalue weighted by atomic mass is 15.3. The SMILES string of the molecule is c1ccc(-c2cc(-c3cccc(-c4cccc(N5c6ccccc6-c6ccccc6-n6c5nc5ccccc56)c4)c3)nc(-c3ccccc3)n2)cc1. The van der Waals surface area contributed by atoms with E-state index in [1.54, 1.807) is 0 Å². The van der Waals surface area contributed by atoms with Gasteiger partial charge in [-0.1, -0.05) is 140 Å². The van der Waals surface area contributed by atoms with E-state index in [0.29, 0.717) is 5.82 Å². The molecule has 0 fully saturated rings. The Hall–Kier alpha value is -7.11. The topological polar surface area (TPSA) is 46.8 Å². The van der Waals surface area contributed by atoms with Gasteiger partial charge in [-0.15, -0.1) is 0 Å². The minimum Gasteiger partial charge on any atom is -0.280 e. The molecule has 0 radical (unpaired) electrons. The molecule has 5 heteroatoms. The highest BCUT2D eigenvalue weighted by molar-refractivity contribution is 5.96. The Morgan fingerprint density at radius 3 is 1.71 bits per heavy atom. The van der Waals surface area contributed by atoms with E-state index in [1.165, 1.54) is 5.56 Å². The number of rotatable bonds is 5. The molecule has 3 heterocycles. The Bertz CT molecular complexity index is 2690. The van der Waals surface area contributed by atoms with E-state index in [2.05, 4.69) is 161 Å². The fourth-order valence-corrected chi connectivity index (χ4v) is 7.31. The van der Waals surface area contributed by atoms with Crippen molar-refractivity contribution in [3.8, 4) is 61.8 Å². The Labute approximate surface area is 301 Å². The molecule has 0 amide bonds. The number of fused-ring (bicyclic) bond motifs is 7. The molecule has 1 aliphatic rings. The molecule has 0 aliphatic carbocycles. The van der Waals surface area contributed by atoms with Gasteiger partial charge in [0, 0.05) is 33.5 Å². The van der Waals surface area contributed by atoms with E-state index in [4.69, 9.17) is 15.0 Å². The van der Waals surface area contributed by atoms with Crippen LogP contribution in [0.3, 0.4) is 0 Å². The number of anilines is 3. The van der Waals surface area contributed by atoms with Crippen molar-refractivity contribution in [1.82, 2.24) is 19.5 Å². The predicted octanol–water partition coefficient (Wildman–Crippen LogP) is 11.9. The van der Waals surface area contributed by atoms with Crippen LogP contribution in [0.15, 0.2) is 188 Å². The number of benzene rings is 7. The van der Waals surface area contributed by atoms with Gasteiger partial charge in [-0.25, -0.2) is 15.0 Å². The third kappa shape index (κ3) is 5.07. The third-order valence-corrected chi connectivity index (χ3v) is 9.75. The maximum atomic E-state index is 5.27. The molecule has 0 N–H and O–H groups in total. The maximum absolute atomic E-state index is 5.27. The van der Waals surface area contributed by atoms with Gasteiger partial charge in [0.05, 0.1) is 33.8 Å². The van der Waals surface area contributed by atoms with Crippen LogP contribution in [0.2, 0.25) is 0 Å². The first-order valence-corrected chi connectivity index (χ1v) is 17.5. The van der Waals surface area contributed by atoms with Gasteiger partial charge in [-0.05, 0) is 59.7 Å². The van der Waals surface area contributed by atoms with Gasteiger partial charge in [0.1, 0.15) is 0 Å². The van der Waals surface area contributed by atoms with Crippen LogP contribution in [0.1, 0.15) is 0 Å². The summed E-state index contributed by atoms with van der Waals surface area (Å²) >= 11 is 0. The van der Waals surface area contributed by atoms with Crippen LogP contribution >= 0.6 is 0 Å². The van der Waals surface area contributed by atoms with Gasteiger partial charge < -0.3 is 0 Å². The average Bonchev–Trinajstić information content (AvgIpc) is 3.55. The van der Waals surface area contributed by atoms with Crippen molar-refractivity contribution in [1.29, 1.82) is 0 Å². The molecule has 0 spiro atoms. The lowest BCUT2D eigenvalue weighted by atomic mass is 9.99. The minimum atomic E-state index is 0.702. The molecule has 0 saturated carbocycles. The number of aromatic nitrogens is 4. The Morgan fingerprint density at radius 2 is 0.923 bits per heavy atom. The molecule has 1 aliphatic heterocycles. The van der Waals surface area contributed by atoms with Crippen LogP contribution in [0, 0.1) is 0 Å². The molecule has 9 aromatic rings. The molecule has 10 rings (SSSR count). The van der Waals surface area contributed by atoms with Crippen LogP contribution in [0.5, 0.6) is 0 Å². The molecule has 5 nitrogen and oxygen atoms in total. The van der Waals surface area contributed by atoms with Crippen molar-refractivity contribution in [2.45, 2.75) is 0 Å². The standard InChI is InChI=1S/C47H31N5/c1-3-15-32(16-4-1)41-31-42(49-46(48-41)33-17-5-2-6-18-33)36-21-13-19-34(29-36)35-20-14-22-37(30-35)51-43-26-10-7-23-38(43)39-24-8-11-27-44(39)52-45-28-12-9-25-40(45)50-47(51)52/h1-31H. The minimum absolute atomic E-state index is 0.702. The first kappa shape index (κ1) is 29.8. The van der Waals surface area contributed by atoms with Crippen molar-refractivity contribution >= 4 is 28.4 Å². The normalized spacial score (nSPS) is 11.8. The fraction of sp³-hybridized carbons (Fsp3) is 0. The Kier molecular flexibility index (Phi) is 7.07. The smallest absolute Gasteiger partial charge is 0.220 e. The zero-order valence-electron chi connectivity index (χ0n) is 28.1. The second kappa shape index (κ2) is 12.3. The first-order valence-electron chi connectivity index (χ1n) is 17.5. The molecule has 7 aromatic carbocycles. The lowest BCUT2D eigenvalue weighted by molar-refractivity contribution is 1.05. The summed E-state index contributed by atoms with van der Waals surface area (Å²) < 4.78 is 2.29. The van der Waals surface area contributed by atoms with Crippen LogP contribution in [-0.4, -0.2) is 19.5 Å². The van der Waals surface area contributed by atoms with Crippen molar-refractivity contribution in [3.63, 3.8) is 0 Å². The van der Waals surface area contributed by atoms with Crippen molar-refractivity contribution < 1.29 is 0 Å². The number of hydrogen-bond acceptors (Lipinski definition) is 4. The van der Waals surface area contributed by atoms with E-state index < -0.39 is 0 Å². The van der Waals surface area contributed by atoms with E-state index in [-0.39, 0.29) is 0 Å². The number of imidazole rings is 1. The largest absolute Gasteiger partial charge is 0.280 e. The van der Waals surface area contributed by atoms with E-state index in [9.17, 15) is 0 Å². The summed E-state index contributed by atoms with van der Waals surface area (Å²) in [6.45, 7) is 0. The van der Waals surface area contributed by atoms with Crippen molar-refractivity contribution in [2.75, 3.05) is 4.90 Å². The number of para-hydroxylation sites is 4. The van der Waals surface area contributed by atoms with Gasteiger partial charge in [-0.2, -0.15) is 0 Å². The van der Waals surface area contributed by atoms with Gasteiger partial charge in [-0.3, -0.25) is 9.47 Å². The summed E-state index contributed by atoms with van der Waals surface area (Å²) in [6.07, 6.45) is 0. The summed E-state index contributed by atoms with van der Waals surface area (Å²) in [5, 5.41) is 0. The third-order valence-electron chi connectivity index (χ3n) is 9.75. The van der Waals surface area contributed by atoms with Crippen LogP contribution in [0.4, 0.5) is 17.3 Å². The molecule has 244 valence electrons. The molecular weight excluding hydrogens is 635 g/mol. The second-order valence-corrected chi connectivity index (χ2v) is 12.9. The molecular formula is C47H31N5. The Balaban J connectivity index is 1.12. The van der Waals surface area contributed by atoms with Gasteiger partial charge >= 0.3 is 0 Å². The number of hydrogen-bond donors (Lipinski definition) is 0. The second-order valence-electron chi connectivity index (χ2n) is 12.9. The highest BCUT2D eigenvalue weighted by Gasteiger charge is 2.29. The lowest BCUT2D eigenvalue weighted by Gasteiger charge is -2.25.